The van der Waals surface area contributed by atoms with Gasteiger partial charge in [-0.1, -0.05) is 60.7 Å². The zero-order valence-electron chi connectivity index (χ0n) is 14.7. The molecule has 0 spiro atoms. The van der Waals surface area contributed by atoms with E-state index >= 15 is 0 Å². The van der Waals surface area contributed by atoms with E-state index < -0.39 is 0 Å². The molecule has 0 bridgehead atoms. The highest BCUT2D eigenvalue weighted by Crippen LogP contribution is 2.25. The van der Waals surface area contributed by atoms with Gasteiger partial charge < -0.3 is 10.1 Å². The van der Waals surface area contributed by atoms with Gasteiger partial charge in [0.25, 0.3) is 0 Å². The molecule has 1 heterocycles. The van der Waals surface area contributed by atoms with Crippen molar-refractivity contribution in [2.45, 2.75) is 32.0 Å². The maximum Gasteiger partial charge on any atom is 0.108 e. The summed E-state index contributed by atoms with van der Waals surface area (Å²) >= 11 is 0. The van der Waals surface area contributed by atoms with Crippen molar-refractivity contribution in [3.05, 3.63) is 71.8 Å². The Labute approximate surface area is 145 Å². The molecule has 2 aromatic rings. The molecule has 128 valence electrons. The number of hydrogen-bond donors (Lipinski definition) is 1. The quantitative estimate of drug-likeness (QED) is 0.880. The number of hydrogen-bond acceptors (Lipinski definition) is 3. The molecule has 0 amide bonds. The van der Waals surface area contributed by atoms with E-state index in [1.807, 2.05) is 0 Å². The average molecular weight is 324 g/mol. The Kier molecular flexibility index (Phi) is 6.02. The summed E-state index contributed by atoms with van der Waals surface area (Å²) in [5, 5.41) is 3.53. The van der Waals surface area contributed by atoms with Gasteiger partial charge in [-0.05, 0) is 25.0 Å². The molecule has 0 saturated carbocycles. The first-order chi connectivity index (χ1) is 11.7. The lowest BCUT2D eigenvalue weighted by Gasteiger charge is -2.37. The first-order valence-corrected chi connectivity index (χ1v) is 8.93. The second-order valence-electron chi connectivity index (χ2n) is 6.73. The minimum absolute atomic E-state index is 0.00282. The Bertz CT molecular complexity index is 562. The van der Waals surface area contributed by atoms with Crippen LogP contribution in [-0.2, 0) is 4.74 Å². The van der Waals surface area contributed by atoms with Crippen LogP contribution in [0.3, 0.4) is 0 Å². The van der Waals surface area contributed by atoms with Crippen molar-refractivity contribution in [1.82, 2.24) is 10.2 Å². The van der Waals surface area contributed by atoms with Crippen LogP contribution in [-0.4, -0.2) is 43.2 Å². The van der Waals surface area contributed by atoms with E-state index in [0.717, 1.165) is 26.2 Å². The van der Waals surface area contributed by atoms with Gasteiger partial charge in [-0.3, -0.25) is 4.90 Å². The number of piperazine rings is 1. The molecule has 2 atom stereocenters. The zero-order valence-corrected chi connectivity index (χ0v) is 14.7. The Morgan fingerprint density at radius 2 is 1.58 bits per heavy atom. The van der Waals surface area contributed by atoms with Crippen molar-refractivity contribution in [3.8, 4) is 0 Å². The van der Waals surface area contributed by atoms with Gasteiger partial charge >= 0.3 is 0 Å². The number of benzene rings is 2. The van der Waals surface area contributed by atoms with Crippen molar-refractivity contribution in [1.29, 1.82) is 0 Å². The maximum absolute atomic E-state index is 6.34. The van der Waals surface area contributed by atoms with Crippen molar-refractivity contribution in [2.75, 3.05) is 26.2 Å². The molecule has 0 aliphatic carbocycles. The highest BCUT2D eigenvalue weighted by Gasteiger charge is 2.22. The molecule has 3 rings (SSSR count). The third-order valence-electron chi connectivity index (χ3n) is 4.76. The molecule has 1 N–H and O–H groups in total. The number of rotatable bonds is 6. The third kappa shape index (κ3) is 4.44. The summed E-state index contributed by atoms with van der Waals surface area (Å²) in [4.78, 5) is 2.52. The van der Waals surface area contributed by atoms with Crippen LogP contribution in [0.1, 0.15) is 31.1 Å². The minimum atomic E-state index is 0.00282. The van der Waals surface area contributed by atoms with Gasteiger partial charge in [-0.25, -0.2) is 0 Å². The van der Waals surface area contributed by atoms with E-state index in [1.165, 1.54) is 11.1 Å². The number of nitrogens with zero attached hydrogens (tertiary/aromatic N) is 1. The fourth-order valence-corrected chi connectivity index (χ4v) is 3.34. The van der Waals surface area contributed by atoms with Crippen LogP contribution in [0.25, 0.3) is 0 Å². The first-order valence-electron chi connectivity index (χ1n) is 8.93. The van der Waals surface area contributed by atoms with Gasteiger partial charge in [0.1, 0.15) is 6.10 Å². The lowest BCUT2D eigenvalue weighted by Crippen LogP contribution is -2.54. The van der Waals surface area contributed by atoms with E-state index in [-0.39, 0.29) is 6.10 Å². The standard InChI is InChI=1S/C21H28N2O/c1-17-16-23(18(2)15-22-17)13-14-24-21(19-9-5-3-6-10-19)20-11-7-4-8-12-20/h3-12,17-18,21-22H,13-16H2,1-2H3/t17-,18+/m0/s1. The summed E-state index contributed by atoms with van der Waals surface area (Å²) in [6, 6.07) is 22.1. The molecule has 0 unspecified atom stereocenters. The molecule has 0 radical (unpaired) electrons. The second-order valence-corrected chi connectivity index (χ2v) is 6.73. The summed E-state index contributed by atoms with van der Waals surface area (Å²) in [7, 11) is 0. The Balaban J connectivity index is 1.65. The summed E-state index contributed by atoms with van der Waals surface area (Å²) in [6.07, 6.45) is 0.00282. The van der Waals surface area contributed by atoms with Crippen LogP contribution >= 0.6 is 0 Å². The Morgan fingerprint density at radius 3 is 2.17 bits per heavy atom. The summed E-state index contributed by atoms with van der Waals surface area (Å²) < 4.78 is 6.34. The molecular formula is C21H28N2O. The highest BCUT2D eigenvalue weighted by atomic mass is 16.5. The van der Waals surface area contributed by atoms with Gasteiger partial charge in [0.05, 0.1) is 6.61 Å². The number of ether oxygens (including phenoxy) is 1. The Hall–Kier alpha value is -1.68. The minimum Gasteiger partial charge on any atom is -0.367 e. The van der Waals surface area contributed by atoms with Gasteiger partial charge in [0.15, 0.2) is 0 Å². The highest BCUT2D eigenvalue weighted by molar-refractivity contribution is 5.29. The molecule has 1 aliphatic heterocycles. The van der Waals surface area contributed by atoms with Crippen molar-refractivity contribution in [2.24, 2.45) is 0 Å². The zero-order chi connectivity index (χ0) is 16.8. The van der Waals surface area contributed by atoms with Crippen LogP contribution in [0.2, 0.25) is 0 Å². The monoisotopic (exact) mass is 324 g/mol. The molecule has 1 fully saturated rings. The smallest absolute Gasteiger partial charge is 0.108 e. The number of nitrogens with one attached hydrogen (secondary N) is 1. The van der Waals surface area contributed by atoms with Gasteiger partial charge in [-0.2, -0.15) is 0 Å². The van der Waals surface area contributed by atoms with Gasteiger partial charge in [-0.15, -0.1) is 0 Å². The lowest BCUT2D eigenvalue weighted by atomic mass is 10.0. The Morgan fingerprint density at radius 1 is 1.00 bits per heavy atom. The summed E-state index contributed by atoms with van der Waals surface area (Å²) in [5.74, 6) is 0. The van der Waals surface area contributed by atoms with E-state index in [4.69, 9.17) is 4.74 Å². The van der Waals surface area contributed by atoms with E-state index in [2.05, 4.69) is 84.7 Å². The van der Waals surface area contributed by atoms with Crippen LogP contribution in [0, 0.1) is 0 Å². The molecule has 24 heavy (non-hydrogen) atoms. The van der Waals surface area contributed by atoms with Crippen molar-refractivity contribution < 1.29 is 4.74 Å². The molecular weight excluding hydrogens is 296 g/mol. The van der Waals surface area contributed by atoms with Gasteiger partial charge in [0.2, 0.25) is 0 Å². The van der Waals surface area contributed by atoms with Gasteiger partial charge in [0, 0.05) is 31.7 Å². The van der Waals surface area contributed by atoms with Crippen LogP contribution < -0.4 is 5.32 Å². The van der Waals surface area contributed by atoms with Crippen LogP contribution in [0.15, 0.2) is 60.7 Å². The topological polar surface area (TPSA) is 24.5 Å². The summed E-state index contributed by atoms with van der Waals surface area (Å²) in [6.45, 7) is 8.39. The molecule has 3 nitrogen and oxygen atoms in total. The normalized spacial score (nSPS) is 22.0. The summed E-state index contributed by atoms with van der Waals surface area (Å²) in [5.41, 5.74) is 2.43. The maximum atomic E-state index is 6.34. The van der Waals surface area contributed by atoms with Crippen molar-refractivity contribution >= 4 is 0 Å². The van der Waals surface area contributed by atoms with E-state index in [9.17, 15) is 0 Å². The predicted molar refractivity (Wildman–Crippen MR) is 99.2 cm³/mol. The first kappa shape index (κ1) is 17.2. The SMILES string of the molecule is C[C@@H]1CN[C@@H](C)CN1CCOC(c1ccccc1)c1ccccc1. The third-order valence-corrected chi connectivity index (χ3v) is 4.76. The largest absolute Gasteiger partial charge is 0.367 e. The molecule has 1 aliphatic rings. The van der Waals surface area contributed by atoms with E-state index in [1.54, 1.807) is 0 Å². The van der Waals surface area contributed by atoms with E-state index in [0.29, 0.717) is 12.1 Å². The fraction of sp³-hybridized carbons (Fsp3) is 0.429. The van der Waals surface area contributed by atoms with Crippen LogP contribution in [0.4, 0.5) is 0 Å². The second kappa shape index (κ2) is 8.43. The van der Waals surface area contributed by atoms with Crippen LogP contribution in [0.5, 0.6) is 0 Å². The molecule has 3 heteroatoms. The molecule has 2 aromatic carbocycles. The average Bonchev–Trinajstić information content (AvgIpc) is 2.63. The fourth-order valence-electron chi connectivity index (χ4n) is 3.34. The predicted octanol–water partition coefficient (Wildman–Crippen LogP) is 3.47. The van der Waals surface area contributed by atoms with Crippen molar-refractivity contribution in [3.63, 3.8) is 0 Å². The molecule has 1 saturated heterocycles. The lowest BCUT2D eigenvalue weighted by molar-refractivity contribution is 0.0412. The molecule has 0 aromatic heterocycles.